The van der Waals surface area contributed by atoms with Crippen molar-refractivity contribution in [2.24, 2.45) is 11.1 Å². The molecule has 1 aromatic rings. The van der Waals surface area contributed by atoms with Crippen LogP contribution in [0.5, 0.6) is 0 Å². The number of sulfonamides is 1. The molecule has 0 aliphatic rings. The summed E-state index contributed by atoms with van der Waals surface area (Å²) in [7, 11) is -3.53. The minimum atomic E-state index is -3.53. The molecular formula is C16H24N2O2S. The van der Waals surface area contributed by atoms with E-state index in [2.05, 4.69) is 16.6 Å². The monoisotopic (exact) mass is 308 g/mol. The van der Waals surface area contributed by atoms with Gasteiger partial charge in [0.2, 0.25) is 10.0 Å². The third-order valence-electron chi connectivity index (χ3n) is 3.51. The Hall–Kier alpha value is -1.35. The third-order valence-corrected chi connectivity index (χ3v) is 5.05. The standard InChI is InChI=1S/C16H24N2O2S/c1-5-16(3,4)12-18-21(19,20)15-11-14(7-6-10-17)9-8-13(15)2/h8-9,11,18H,5,10,12,17H2,1-4H3. The van der Waals surface area contributed by atoms with Gasteiger partial charge in [-0.1, -0.05) is 38.7 Å². The number of nitrogens with two attached hydrogens (primary N) is 1. The molecule has 0 bridgehead atoms. The SMILES string of the molecule is CCC(C)(C)CNS(=O)(=O)c1cc(C#CCN)ccc1C. The topological polar surface area (TPSA) is 72.2 Å². The van der Waals surface area contributed by atoms with Crippen molar-refractivity contribution in [3.8, 4) is 11.8 Å². The summed E-state index contributed by atoms with van der Waals surface area (Å²) < 4.78 is 27.6. The zero-order valence-corrected chi connectivity index (χ0v) is 14.0. The van der Waals surface area contributed by atoms with E-state index in [1.165, 1.54) is 0 Å². The minimum Gasteiger partial charge on any atom is -0.320 e. The van der Waals surface area contributed by atoms with Crippen LogP contribution in [0.2, 0.25) is 0 Å². The number of rotatable bonds is 5. The first-order valence-corrected chi connectivity index (χ1v) is 8.49. The maximum absolute atomic E-state index is 12.5. The van der Waals surface area contributed by atoms with Gasteiger partial charge in [0.05, 0.1) is 11.4 Å². The quantitative estimate of drug-likeness (QED) is 0.817. The fourth-order valence-corrected chi connectivity index (χ4v) is 3.12. The van der Waals surface area contributed by atoms with Crippen molar-refractivity contribution >= 4 is 10.0 Å². The van der Waals surface area contributed by atoms with Crippen LogP contribution in [0.25, 0.3) is 0 Å². The van der Waals surface area contributed by atoms with E-state index in [4.69, 9.17) is 5.73 Å². The third kappa shape index (κ3) is 5.16. The van der Waals surface area contributed by atoms with Crippen LogP contribution in [0, 0.1) is 24.2 Å². The number of hydrogen-bond acceptors (Lipinski definition) is 3. The van der Waals surface area contributed by atoms with E-state index in [1.54, 1.807) is 25.1 Å². The van der Waals surface area contributed by atoms with Crippen molar-refractivity contribution in [2.75, 3.05) is 13.1 Å². The lowest BCUT2D eigenvalue weighted by atomic mass is 9.91. The van der Waals surface area contributed by atoms with Crippen LogP contribution < -0.4 is 10.5 Å². The van der Waals surface area contributed by atoms with Crippen molar-refractivity contribution in [3.05, 3.63) is 29.3 Å². The molecule has 1 rings (SSSR count). The molecule has 3 N–H and O–H groups in total. The molecule has 1 aromatic carbocycles. The second-order valence-corrected chi connectivity index (χ2v) is 7.56. The average molecular weight is 308 g/mol. The van der Waals surface area contributed by atoms with Crippen molar-refractivity contribution in [3.63, 3.8) is 0 Å². The molecule has 0 radical (unpaired) electrons. The van der Waals surface area contributed by atoms with Gasteiger partial charge in [-0.3, -0.25) is 0 Å². The zero-order valence-electron chi connectivity index (χ0n) is 13.2. The van der Waals surface area contributed by atoms with Crippen LogP contribution in [0.15, 0.2) is 23.1 Å². The maximum Gasteiger partial charge on any atom is 0.240 e. The molecule has 0 amide bonds. The predicted octanol–water partition coefficient (Wildman–Crippen LogP) is 2.02. The van der Waals surface area contributed by atoms with E-state index in [0.29, 0.717) is 17.7 Å². The van der Waals surface area contributed by atoms with Crippen LogP contribution in [0.3, 0.4) is 0 Å². The molecular weight excluding hydrogens is 284 g/mol. The highest BCUT2D eigenvalue weighted by Gasteiger charge is 2.22. The van der Waals surface area contributed by atoms with E-state index in [-0.39, 0.29) is 16.9 Å². The fourth-order valence-electron chi connectivity index (χ4n) is 1.61. The Bertz CT molecular complexity index is 653. The summed E-state index contributed by atoms with van der Waals surface area (Å²) in [5, 5.41) is 0. The number of aryl methyl sites for hydroxylation is 1. The Morgan fingerprint density at radius 1 is 1.33 bits per heavy atom. The van der Waals surface area contributed by atoms with Gasteiger partial charge in [-0.25, -0.2) is 13.1 Å². The van der Waals surface area contributed by atoms with Gasteiger partial charge < -0.3 is 5.73 Å². The lowest BCUT2D eigenvalue weighted by Gasteiger charge is -2.23. The van der Waals surface area contributed by atoms with E-state index in [9.17, 15) is 8.42 Å². The van der Waals surface area contributed by atoms with Crippen LogP contribution in [0.4, 0.5) is 0 Å². The lowest BCUT2D eigenvalue weighted by molar-refractivity contribution is 0.350. The molecule has 0 aliphatic carbocycles. The number of nitrogens with one attached hydrogen (secondary N) is 1. The van der Waals surface area contributed by atoms with Crippen LogP contribution in [-0.2, 0) is 10.0 Å². The van der Waals surface area contributed by atoms with E-state index >= 15 is 0 Å². The van der Waals surface area contributed by atoms with Crippen molar-refractivity contribution in [1.82, 2.24) is 4.72 Å². The maximum atomic E-state index is 12.5. The van der Waals surface area contributed by atoms with Gasteiger partial charge in [0.25, 0.3) is 0 Å². The normalized spacial score (nSPS) is 11.9. The fraction of sp³-hybridized carbons (Fsp3) is 0.500. The Kier molecular flexibility index (Phi) is 5.97. The van der Waals surface area contributed by atoms with Gasteiger partial charge in [-0.2, -0.15) is 0 Å². The summed E-state index contributed by atoms with van der Waals surface area (Å²) in [6, 6.07) is 5.16. The average Bonchev–Trinajstić information content (AvgIpc) is 2.44. The van der Waals surface area contributed by atoms with E-state index < -0.39 is 10.0 Å². The van der Waals surface area contributed by atoms with Crippen molar-refractivity contribution < 1.29 is 8.42 Å². The second kappa shape index (κ2) is 7.08. The highest BCUT2D eigenvalue weighted by atomic mass is 32.2. The molecule has 4 nitrogen and oxygen atoms in total. The number of hydrogen-bond donors (Lipinski definition) is 2. The summed E-state index contributed by atoms with van der Waals surface area (Å²) in [6.07, 6.45) is 0.899. The number of benzene rings is 1. The second-order valence-electron chi connectivity index (χ2n) is 5.83. The predicted molar refractivity (Wildman–Crippen MR) is 86.4 cm³/mol. The molecule has 5 heteroatoms. The summed E-state index contributed by atoms with van der Waals surface area (Å²) in [5.41, 5.74) is 6.62. The van der Waals surface area contributed by atoms with Crippen LogP contribution in [-0.4, -0.2) is 21.5 Å². The summed E-state index contributed by atoms with van der Waals surface area (Å²) in [5.74, 6) is 5.59. The van der Waals surface area contributed by atoms with E-state index in [0.717, 1.165) is 6.42 Å². The Balaban J connectivity index is 3.07. The van der Waals surface area contributed by atoms with Gasteiger partial charge in [-0.05, 0) is 36.5 Å². The van der Waals surface area contributed by atoms with Crippen molar-refractivity contribution in [2.45, 2.75) is 39.0 Å². The molecule has 0 saturated heterocycles. The highest BCUT2D eigenvalue weighted by Crippen LogP contribution is 2.21. The summed E-state index contributed by atoms with van der Waals surface area (Å²) in [4.78, 5) is 0.276. The summed E-state index contributed by atoms with van der Waals surface area (Å²) in [6.45, 7) is 8.54. The minimum absolute atomic E-state index is 0.0715. The van der Waals surface area contributed by atoms with Crippen LogP contribution >= 0.6 is 0 Å². The molecule has 0 aliphatic heterocycles. The molecule has 0 aromatic heterocycles. The Morgan fingerprint density at radius 2 is 2.00 bits per heavy atom. The molecule has 21 heavy (non-hydrogen) atoms. The smallest absolute Gasteiger partial charge is 0.240 e. The van der Waals surface area contributed by atoms with Crippen molar-refractivity contribution in [1.29, 1.82) is 0 Å². The zero-order chi connectivity index (χ0) is 16.1. The first-order valence-electron chi connectivity index (χ1n) is 7.01. The van der Waals surface area contributed by atoms with Gasteiger partial charge in [0.15, 0.2) is 0 Å². The first-order chi connectivity index (χ1) is 9.72. The van der Waals surface area contributed by atoms with Gasteiger partial charge in [0, 0.05) is 12.1 Å². The molecule has 0 saturated carbocycles. The molecule has 116 valence electrons. The van der Waals surface area contributed by atoms with Crippen LogP contribution in [0.1, 0.15) is 38.3 Å². The molecule has 0 spiro atoms. The van der Waals surface area contributed by atoms with Gasteiger partial charge in [0.1, 0.15) is 0 Å². The summed E-state index contributed by atoms with van der Waals surface area (Å²) >= 11 is 0. The lowest BCUT2D eigenvalue weighted by Crippen LogP contribution is -2.34. The van der Waals surface area contributed by atoms with Gasteiger partial charge >= 0.3 is 0 Å². The first kappa shape index (κ1) is 17.7. The molecule has 0 heterocycles. The largest absolute Gasteiger partial charge is 0.320 e. The molecule has 0 fully saturated rings. The Labute approximate surface area is 128 Å². The highest BCUT2D eigenvalue weighted by molar-refractivity contribution is 7.89. The molecule has 0 unspecified atom stereocenters. The molecule has 0 atom stereocenters. The van der Waals surface area contributed by atoms with Gasteiger partial charge in [-0.15, -0.1) is 0 Å². The Morgan fingerprint density at radius 3 is 2.57 bits per heavy atom. The van der Waals surface area contributed by atoms with E-state index in [1.807, 2.05) is 20.8 Å².